The number of hydrogen-bond acceptors (Lipinski definition) is 3. The van der Waals surface area contributed by atoms with Crippen molar-refractivity contribution in [2.45, 2.75) is 59.0 Å². The smallest absolute Gasteiger partial charge is 0.170 e. The maximum atomic E-state index is 14.8. The third kappa shape index (κ3) is 4.16. The van der Waals surface area contributed by atoms with Gasteiger partial charge in [0, 0.05) is 30.9 Å². The number of anilines is 1. The van der Waals surface area contributed by atoms with Crippen LogP contribution in [0.25, 0.3) is 0 Å². The van der Waals surface area contributed by atoms with Crippen molar-refractivity contribution in [2.75, 3.05) is 18.0 Å². The van der Waals surface area contributed by atoms with E-state index >= 15 is 0 Å². The van der Waals surface area contributed by atoms with Gasteiger partial charge in [0.1, 0.15) is 0 Å². The second-order valence-electron chi connectivity index (χ2n) is 6.37. The number of pyridine rings is 1. The summed E-state index contributed by atoms with van der Waals surface area (Å²) in [7, 11) is 0. The van der Waals surface area contributed by atoms with Gasteiger partial charge in [-0.25, -0.2) is 9.37 Å². The quantitative estimate of drug-likeness (QED) is 0.830. The van der Waals surface area contributed by atoms with Crippen molar-refractivity contribution < 1.29 is 4.39 Å². The third-order valence-corrected chi connectivity index (χ3v) is 4.12. The Bertz CT molecular complexity index is 442. The summed E-state index contributed by atoms with van der Waals surface area (Å²) in [5.74, 6) is 0.904. The molecule has 1 N–H and O–H groups in total. The highest BCUT2D eigenvalue weighted by molar-refractivity contribution is 5.44. The van der Waals surface area contributed by atoms with E-state index in [-0.39, 0.29) is 5.82 Å². The van der Waals surface area contributed by atoms with Crippen LogP contribution >= 0.6 is 0 Å². The number of halogens is 1. The fourth-order valence-corrected chi connectivity index (χ4v) is 3.09. The van der Waals surface area contributed by atoms with Crippen molar-refractivity contribution >= 4 is 5.82 Å². The number of nitrogens with zero attached hydrogens (tertiary/aromatic N) is 2. The maximum Gasteiger partial charge on any atom is 0.170 e. The first-order valence-corrected chi connectivity index (χ1v) is 8.24. The van der Waals surface area contributed by atoms with E-state index < -0.39 is 0 Å². The van der Waals surface area contributed by atoms with Crippen LogP contribution in [0.4, 0.5) is 10.2 Å². The van der Waals surface area contributed by atoms with Gasteiger partial charge in [-0.2, -0.15) is 0 Å². The Labute approximate surface area is 127 Å². The fourth-order valence-electron chi connectivity index (χ4n) is 3.09. The highest BCUT2D eigenvalue weighted by atomic mass is 19.1. The van der Waals surface area contributed by atoms with E-state index in [9.17, 15) is 4.39 Å². The standard InChI is InChI=1S/C17H28FN3/c1-4-19-11-14-9-10-20-17(16(14)18)21(12-13(2)3)15-7-5-6-8-15/h9-10,13,15,19H,4-8,11-12H2,1-3H3. The van der Waals surface area contributed by atoms with Crippen molar-refractivity contribution in [3.8, 4) is 0 Å². The molecule has 0 atom stereocenters. The summed E-state index contributed by atoms with van der Waals surface area (Å²) in [6, 6.07) is 2.23. The zero-order valence-electron chi connectivity index (χ0n) is 13.5. The molecule has 0 amide bonds. The topological polar surface area (TPSA) is 28.2 Å². The van der Waals surface area contributed by atoms with Crippen LogP contribution in [0, 0.1) is 11.7 Å². The number of nitrogens with one attached hydrogen (secondary N) is 1. The zero-order chi connectivity index (χ0) is 15.2. The van der Waals surface area contributed by atoms with Gasteiger partial charge in [-0.3, -0.25) is 0 Å². The van der Waals surface area contributed by atoms with Gasteiger partial charge in [-0.05, 0) is 31.4 Å². The first kappa shape index (κ1) is 16.2. The van der Waals surface area contributed by atoms with Crippen LogP contribution in [0.5, 0.6) is 0 Å². The summed E-state index contributed by atoms with van der Waals surface area (Å²) in [5, 5.41) is 3.20. The Morgan fingerprint density at radius 2 is 2.10 bits per heavy atom. The molecule has 21 heavy (non-hydrogen) atoms. The molecule has 1 aromatic heterocycles. The molecular formula is C17H28FN3. The van der Waals surface area contributed by atoms with Crippen molar-refractivity contribution in [3.05, 3.63) is 23.6 Å². The Balaban J connectivity index is 2.25. The molecule has 0 unspecified atom stereocenters. The lowest BCUT2D eigenvalue weighted by Crippen LogP contribution is -2.37. The van der Waals surface area contributed by atoms with Crippen LogP contribution in [-0.4, -0.2) is 24.1 Å². The third-order valence-electron chi connectivity index (χ3n) is 4.12. The monoisotopic (exact) mass is 293 g/mol. The van der Waals surface area contributed by atoms with Crippen LogP contribution in [0.15, 0.2) is 12.3 Å². The lowest BCUT2D eigenvalue weighted by Gasteiger charge is -2.32. The van der Waals surface area contributed by atoms with E-state index in [1.54, 1.807) is 12.3 Å². The summed E-state index contributed by atoms with van der Waals surface area (Å²) in [6.45, 7) is 8.68. The van der Waals surface area contributed by atoms with Gasteiger partial charge in [0.15, 0.2) is 11.6 Å². The maximum absolute atomic E-state index is 14.8. The summed E-state index contributed by atoms with van der Waals surface area (Å²) in [4.78, 5) is 6.58. The Morgan fingerprint density at radius 3 is 2.71 bits per heavy atom. The minimum atomic E-state index is -0.147. The SMILES string of the molecule is CCNCc1ccnc(N(CC(C)C)C2CCCC2)c1F. The summed E-state index contributed by atoms with van der Waals surface area (Å²) in [5.41, 5.74) is 0.716. The van der Waals surface area contributed by atoms with E-state index in [4.69, 9.17) is 0 Å². The summed E-state index contributed by atoms with van der Waals surface area (Å²) in [6.07, 6.45) is 6.56. The average molecular weight is 293 g/mol. The molecular weight excluding hydrogens is 265 g/mol. The predicted octanol–water partition coefficient (Wildman–Crippen LogP) is 3.74. The van der Waals surface area contributed by atoms with E-state index in [0.29, 0.717) is 29.9 Å². The van der Waals surface area contributed by atoms with E-state index in [1.807, 2.05) is 6.92 Å². The molecule has 0 saturated heterocycles. The molecule has 0 bridgehead atoms. The number of rotatable bonds is 7. The minimum absolute atomic E-state index is 0.147. The second-order valence-corrected chi connectivity index (χ2v) is 6.37. The molecule has 1 fully saturated rings. The highest BCUT2D eigenvalue weighted by Crippen LogP contribution is 2.30. The Morgan fingerprint density at radius 1 is 1.38 bits per heavy atom. The van der Waals surface area contributed by atoms with E-state index in [0.717, 1.165) is 25.9 Å². The molecule has 1 aromatic rings. The lowest BCUT2D eigenvalue weighted by atomic mass is 10.1. The fraction of sp³-hybridized carbons (Fsp3) is 0.706. The van der Waals surface area contributed by atoms with Crippen LogP contribution < -0.4 is 10.2 Å². The number of hydrogen-bond donors (Lipinski definition) is 1. The molecule has 0 spiro atoms. The first-order valence-electron chi connectivity index (χ1n) is 8.24. The Kier molecular flexibility index (Phi) is 5.97. The second kappa shape index (κ2) is 7.74. The molecule has 1 aliphatic rings. The van der Waals surface area contributed by atoms with Gasteiger partial charge < -0.3 is 10.2 Å². The average Bonchev–Trinajstić information content (AvgIpc) is 2.98. The molecule has 1 heterocycles. The zero-order valence-corrected chi connectivity index (χ0v) is 13.5. The molecule has 3 nitrogen and oxygen atoms in total. The van der Waals surface area contributed by atoms with E-state index in [1.165, 1.54) is 12.8 Å². The molecule has 4 heteroatoms. The molecule has 2 rings (SSSR count). The van der Waals surface area contributed by atoms with Crippen LogP contribution in [0.3, 0.4) is 0 Å². The summed E-state index contributed by atoms with van der Waals surface area (Å²) < 4.78 is 14.8. The van der Waals surface area contributed by atoms with Crippen LogP contribution in [0.2, 0.25) is 0 Å². The molecule has 0 radical (unpaired) electrons. The largest absolute Gasteiger partial charge is 0.351 e. The van der Waals surface area contributed by atoms with Gasteiger partial charge in [0.05, 0.1) is 0 Å². The molecule has 0 aliphatic heterocycles. The molecule has 118 valence electrons. The minimum Gasteiger partial charge on any atom is -0.351 e. The van der Waals surface area contributed by atoms with Crippen LogP contribution in [-0.2, 0) is 6.54 Å². The normalized spacial score (nSPS) is 15.9. The van der Waals surface area contributed by atoms with Gasteiger partial charge in [0.2, 0.25) is 0 Å². The Hall–Kier alpha value is -1.16. The molecule has 1 aliphatic carbocycles. The molecule has 1 saturated carbocycles. The van der Waals surface area contributed by atoms with Crippen molar-refractivity contribution in [2.24, 2.45) is 5.92 Å². The lowest BCUT2D eigenvalue weighted by molar-refractivity contribution is 0.508. The summed E-state index contributed by atoms with van der Waals surface area (Å²) >= 11 is 0. The van der Waals surface area contributed by atoms with Crippen molar-refractivity contribution in [1.29, 1.82) is 0 Å². The van der Waals surface area contributed by atoms with Crippen molar-refractivity contribution in [3.63, 3.8) is 0 Å². The van der Waals surface area contributed by atoms with Gasteiger partial charge >= 0.3 is 0 Å². The highest BCUT2D eigenvalue weighted by Gasteiger charge is 2.27. The van der Waals surface area contributed by atoms with Crippen LogP contribution in [0.1, 0.15) is 52.0 Å². The molecule has 0 aromatic carbocycles. The number of aromatic nitrogens is 1. The first-order chi connectivity index (χ1) is 10.1. The predicted molar refractivity (Wildman–Crippen MR) is 86.0 cm³/mol. The van der Waals surface area contributed by atoms with Gasteiger partial charge in [0.25, 0.3) is 0 Å². The van der Waals surface area contributed by atoms with Gasteiger partial charge in [-0.15, -0.1) is 0 Å². The van der Waals surface area contributed by atoms with Gasteiger partial charge in [-0.1, -0.05) is 33.6 Å². The van der Waals surface area contributed by atoms with Crippen molar-refractivity contribution in [1.82, 2.24) is 10.3 Å². The van der Waals surface area contributed by atoms with E-state index in [2.05, 4.69) is 29.0 Å².